The summed E-state index contributed by atoms with van der Waals surface area (Å²) in [4.78, 5) is 16.5. The highest BCUT2D eigenvalue weighted by atomic mass is 35.5. The number of aromatic nitrogens is 3. The number of hydrogen-bond donors (Lipinski definition) is 2. The second-order valence-electron chi connectivity index (χ2n) is 5.71. The maximum atomic E-state index is 13.1. The molecule has 5 nitrogen and oxygen atoms in total. The zero-order valence-electron chi connectivity index (χ0n) is 13.0. The van der Waals surface area contributed by atoms with Gasteiger partial charge in [0.05, 0.1) is 16.5 Å². The Labute approximate surface area is 150 Å². The van der Waals surface area contributed by atoms with Crippen molar-refractivity contribution in [2.45, 2.75) is 42.3 Å². The molecule has 1 aliphatic carbocycles. The molecule has 0 bridgehead atoms. The van der Waals surface area contributed by atoms with Crippen molar-refractivity contribution in [1.82, 2.24) is 15.2 Å². The quantitative estimate of drug-likeness (QED) is 0.739. The van der Waals surface area contributed by atoms with E-state index in [0.717, 1.165) is 42.6 Å². The molecular weight excluding hydrogens is 377 g/mol. The van der Waals surface area contributed by atoms with Gasteiger partial charge in [-0.1, -0.05) is 23.4 Å². The van der Waals surface area contributed by atoms with Crippen LogP contribution in [0.5, 0.6) is 0 Å². The van der Waals surface area contributed by atoms with Crippen LogP contribution in [0.2, 0.25) is 5.02 Å². The minimum absolute atomic E-state index is 0.0546. The molecule has 1 aromatic heterocycles. The lowest BCUT2D eigenvalue weighted by atomic mass is 10.1. The normalized spacial score (nSPS) is 15.9. The summed E-state index contributed by atoms with van der Waals surface area (Å²) < 4.78 is 39.2. The number of alkyl halides is 3. The van der Waals surface area contributed by atoms with E-state index in [1.807, 2.05) is 0 Å². The fourth-order valence-corrected chi connectivity index (χ4v) is 3.06. The summed E-state index contributed by atoms with van der Waals surface area (Å²) in [6.07, 6.45) is -2.49. The molecule has 3 rings (SSSR count). The largest absolute Gasteiger partial charge is 0.418 e. The van der Waals surface area contributed by atoms with E-state index >= 15 is 0 Å². The third-order valence-electron chi connectivity index (χ3n) is 3.64. The van der Waals surface area contributed by atoms with Gasteiger partial charge in [-0.3, -0.25) is 9.89 Å². The number of nitrogens with one attached hydrogen (secondary N) is 2. The van der Waals surface area contributed by atoms with Crippen LogP contribution < -0.4 is 5.32 Å². The summed E-state index contributed by atoms with van der Waals surface area (Å²) >= 11 is 6.71. The maximum Gasteiger partial charge on any atom is 0.418 e. The Morgan fingerprint density at radius 2 is 2.16 bits per heavy atom. The topological polar surface area (TPSA) is 70.7 Å². The van der Waals surface area contributed by atoms with Gasteiger partial charge >= 0.3 is 6.18 Å². The van der Waals surface area contributed by atoms with E-state index in [-0.39, 0.29) is 10.7 Å². The van der Waals surface area contributed by atoms with Gasteiger partial charge in [0.15, 0.2) is 0 Å². The van der Waals surface area contributed by atoms with Gasteiger partial charge in [0, 0.05) is 10.9 Å². The number of hydrogen-bond acceptors (Lipinski definition) is 4. The zero-order valence-corrected chi connectivity index (χ0v) is 14.6. The zero-order chi connectivity index (χ0) is 18.2. The van der Waals surface area contributed by atoms with Crippen LogP contribution in [0.4, 0.5) is 18.9 Å². The fraction of sp³-hybridized carbons (Fsp3) is 0.400. The summed E-state index contributed by atoms with van der Waals surface area (Å²) in [7, 11) is 0. The molecule has 0 unspecified atom stereocenters. The van der Waals surface area contributed by atoms with Crippen molar-refractivity contribution < 1.29 is 18.0 Å². The molecule has 1 saturated carbocycles. The Morgan fingerprint density at radius 3 is 2.80 bits per heavy atom. The van der Waals surface area contributed by atoms with Crippen molar-refractivity contribution in [3.8, 4) is 0 Å². The number of rotatable bonds is 5. The first-order valence-corrected chi connectivity index (χ1v) is 8.76. The second-order valence-corrected chi connectivity index (χ2v) is 7.46. The van der Waals surface area contributed by atoms with Crippen molar-refractivity contribution in [2.75, 3.05) is 5.32 Å². The third kappa shape index (κ3) is 4.46. The van der Waals surface area contributed by atoms with Crippen molar-refractivity contribution >= 4 is 35.0 Å². The van der Waals surface area contributed by atoms with Crippen LogP contribution in [-0.4, -0.2) is 26.3 Å². The first-order valence-electron chi connectivity index (χ1n) is 7.50. The Morgan fingerprint density at radius 1 is 1.44 bits per heavy atom. The SMILES string of the molecule is C[C@@H](Sc1n[nH]c(C2CC2)n1)C(=O)Nc1ccc(Cl)cc1C(F)(F)F. The molecule has 1 atom stereocenters. The summed E-state index contributed by atoms with van der Waals surface area (Å²) in [5.74, 6) is 0.608. The second kappa shape index (κ2) is 6.87. The van der Waals surface area contributed by atoms with Crippen LogP contribution in [0.15, 0.2) is 23.4 Å². The van der Waals surface area contributed by atoms with E-state index in [0.29, 0.717) is 11.1 Å². The summed E-state index contributed by atoms with van der Waals surface area (Å²) in [5.41, 5.74) is -1.32. The predicted octanol–water partition coefficient (Wildman–Crippen LogP) is 4.47. The molecule has 25 heavy (non-hydrogen) atoms. The maximum absolute atomic E-state index is 13.1. The monoisotopic (exact) mass is 390 g/mol. The molecule has 2 aromatic rings. The highest BCUT2D eigenvalue weighted by Crippen LogP contribution is 2.39. The molecule has 0 spiro atoms. The number of carbonyl (C=O) groups is 1. The number of anilines is 1. The molecule has 134 valence electrons. The average molecular weight is 391 g/mol. The van der Waals surface area contributed by atoms with Gasteiger partial charge in [-0.05, 0) is 38.0 Å². The van der Waals surface area contributed by atoms with E-state index < -0.39 is 22.9 Å². The minimum atomic E-state index is -4.62. The molecule has 1 fully saturated rings. The highest BCUT2D eigenvalue weighted by Gasteiger charge is 2.34. The van der Waals surface area contributed by atoms with E-state index in [9.17, 15) is 18.0 Å². The van der Waals surface area contributed by atoms with Gasteiger partial charge in [-0.25, -0.2) is 4.98 Å². The number of carbonyl (C=O) groups excluding carboxylic acids is 1. The smallest absolute Gasteiger partial charge is 0.325 e. The molecule has 10 heteroatoms. The highest BCUT2D eigenvalue weighted by molar-refractivity contribution is 8.00. The molecule has 0 aliphatic heterocycles. The number of thioether (sulfide) groups is 1. The number of aromatic amines is 1. The lowest BCUT2D eigenvalue weighted by molar-refractivity contribution is -0.137. The molecule has 2 N–H and O–H groups in total. The van der Waals surface area contributed by atoms with Gasteiger partial charge < -0.3 is 5.32 Å². The van der Waals surface area contributed by atoms with E-state index in [2.05, 4.69) is 20.5 Å². The van der Waals surface area contributed by atoms with Crippen molar-refractivity contribution in [3.05, 3.63) is 34.6 Å². The van der Waals surface area contributed by atoms with Crippen LogP contribution >= 0.6 is 23.4 Å². The predicted molar refractivity (Wildman–Crippen MR) is 88.8 cm³/mol. The first-order chi connectivity index (χ1) is 11.7. The van der Waals surface area contributed by atoms with Crippen LogP contribution in [-0.2, 0) is 11.0 Å². The Balaban J connectivity index is 1.68. The lowest BCUT2D eigenvalue weighted by Crippen LogP contribution is -2.24. The van der Waals surface area contributed by atoms with Crippen molar-refractivity contribution in [3.63, 3.8) is 0 Å². The van der Waals surface area contributed by atoms with Crippen LogP contribution in [0.3, 0.4) is 0 Å². The third-order valence-corrected chi connectivity index (χ3v) is 4.84. The van der Waals surface area contributed by atoms with E-state index in [4.69, 9.17) is 11.6 Å². The number of benzene rings is 1. The van der Waals surface area contributed by atoms with Crippen LogP contribution in [0, 0.1) is 0 Å². The molecule has 1 heterocycles. The summed E-state index contributed by atoms with van der Waals surface area (Å²) in [6, 6.07) is 3.21. The summed E-state index contributed by atoms with van der Waals surface area (Å²) in [5, 5.41) is 8.82. The summed E-state index contributed by atoms with van der Waals surface area (Å²) in [6.45, 7) is 1.58. The molecule has 1 amide bonds. The Kier molecular flexibility index (Phi) is 4.97. The molecule has 0 saturated heterocycles. The minimum Gasteiger partial charge on any atom is -0.325 e. The van der Waals surface area contributed by atoms with Gasteiger partial charge in [-0.2, -0.15) is 13.2 Å². The lowest BCUT2D eigenvalue weighted by Gasteiger charge is -2.16. The number of amides is 1. The molecule has 1 aliphatic rings. The Bertz CT molecular complexity index is 791. The first kappa shape index (κ1) is 18.1. The van der Waals surface area contributed by atoms with E-state index in [1.165, 1.54) is 6.07 Å². The number of nitrogens with zero attached hydrogens (tertiary/aromatic N) is 2. The molecular formula is C15H14ClF3N4OS. The molecule has 0 radical (unpaired) electrons. The van der Waals surface area contributed by atoms with Gasteiger partial charge in [0.1, 0.15) is 5.82 Å². The van der Waals surface area contributed by atoms with E-state index in [1.54, 1.807) is 6.92 Å². The van der Waals surface area contributed by atoms with Crippen LogP contribution in [0.1, 0.15) is 37.1 Å². The average Bonchev–Trinajstić information content (AvgIpc) is 3.28. The number of H-pyrrole nitrogens is 1. The number of halogens is 4. The fourth-order valence-electron chi connectivity index (χ4n) is 2.16. The Hall–Kier alpha value is -1.74. The molecule has 1 aromatic carbocycles. The van der Waals surface area contributed by atoms with Gasteiger partial charge in [0.2, 0.25) is 11.1 Å². The van der Waals surface area contributed by atoms with Crippen molar-refractivity contribution in [1.29, 1.82) is 0 Å². The standard InChI is InChI=1S/C15H14ClF3N4OS/c1-7(25-14-21-12(22-23-14)8-2-3-8)13(24)20-11-5-4-9(16)6-10(11)15(17,18)19/h4-8H,2-3H2,1H3,(H,20,24)(H,21,22,23)/t7-/m1/s1. The van der Waals surface area contributed by atoms with Crippen molar-refractivity contribution in [2.24, 2.45) is 0 Å². The van der Waals surface area contributed by atoms with Gasteiger partial charge in [0.25, 0.3) is 0 Å². The van der Waals surface area contributed by atoms with Crippen LogP contribution in [0.25, 0.3) is 0 Å². The van der Waals surface area contributed by atoms with Gasteiger partial charge in [-0.15, -0.1) is 5.10 Å².